The molecule has 0 saturated carbocycles. The second kappa shape index (κ2) is 8.72. The third-order valence-electron chi connectivity index (χ3n) is 5.24. The van der Waals surface area contributed by atoms with Crippen molar-refractivity contribution in [3.05, 3.63) is 100 Å². The van der Waals surface area contributed by atoms with Crippen molar-refractivity contribution in [1.82, 2.24) is 4.57 Å². The van der Waals surface area contributed by atoms with Gasteiger partial charge in [-0.05, 0) is 56.0 Å². The molecule has 152 valence electrons. The van der Waals surface area contributed by atoms with Gasteiger partial charge in [0, 0.05) is 22.3 Å². The fourth-order valence-electron chi connectivity index (χ4n) is 3.75. The van der Waals surface area contributed by atoms with E-state index in [-0.39, 0.29) is 5.97 Å². The molecule has 2 aromatic heterocycles. The number of rotatable bonds is 6. The molecule has 0 radical (unpaired) electrons. The molecule has 2 aromatic carbocycles. The molecule has 0 spiro atoms. The molecule has 0 fully saturated rings. The molecule has 3 nitrogen and oxygen atoms in total. The van der Waals surface area contributed by atoms with Gasteiger partial charge in [0.1, 0.15) is 10.6 Å². The number of benzene rings is 2. The van der Waals surface area contributed by atoms with E-state index in [0.717, 1.165) is 33.9 Å². The number of hydrogen-bond donors (Lipinski definition) is 0. The monoisotopic (exact) mass is 415 g/mol. The molecule has 0 aliphatic carbocycles. The lowest BCUT2D eigenvalue weighted by Crippen LogP contribution is -2.10. The first-order chi connectivity index (χ1) is 14.6. The zero-order valence-electron chi connectivity index (χ0n) is 17.5. The van der Waals surface area contributed by atoms with E-state index in [1.165, 1.54) is 11.1 Å². The summed E-state index contributed by atoms with van der Waals surface area (Å²) in [6, 6.07) is 23.1. The number of carbonyl (C=O) groups is 1. The van der Waals surface area contributed by atoms with Crippen LogP contribution in [0.15, 0.2) is 72.1 Å². The maximum absolute atomic E-state index is 12.9. The number of thiophene rings is 1. The second-order valence-corrected chi connectivity index (χ2v) is 8.22. The lowest BCUT2D eigenvalue weighted by Gasteiger charge is -2.12. The van der Waals surface area contributed by atoms with Crippen LogP contribution in [-0.4, -0.2) is 17.1 Å². The Kier molecular flexibility index (Phi) is 5.86. The van der Waals surface area contributed by atoms with Gasteiger partial charge in [0.2, 0.25) is 0 Å². The van der Waals surface area contributed by atoms with Crippen molar-refractivity contribution in [1.29, 1.82) is 0 Å². The first-order valence-corrected chi connectivity index (χ1v) is 11.0. The van der Waals surface area contributed by atoms with Crippen LogP contribution in [0.2, 0.25) is 0 Å². The van der Waals surface area contributed by atoms with Crippen molar-refractivity contribution < 1.29 is 9.53 Å². The van der Waals surface area contributed by atoms with Gasteiger partial charge in [-0.25, -0.2) is 4.79 Å². The highest BCUT2D eigenvalue weighted by Gasteiger charge is 2.23. The predicted molar refractivity (Wildman–Crippen MR) is 124 cm³/mol. The topological polar surface area (TPSA) is 31.2 Å². The largest absolute Gasteiger partial charge is 0.462 e. The van der Waals surface area contributed by atoms with E-state index in [1.54, 1.807) is 11.3 Å². The number of aryl methyl sites for hydroxylation is 2. The molecule has 0 aliphatic heterocycles. The first-order valence-electron chi connectivity index (χ1n) is 10.2. The molecule has 0 saturated heterocycles. The van der Waals surface area contributed by atoms with Crippen LogP contribution >= 0.6 is 11.3 Å². The molecule has 0 atom stereocenters. The maximum atomic E-state index is 12.9. The van der Waals surface area contributed by atoms with E-state index >= 15 is 0 Å². The second-order valence-electron chi connectivity index (χ2n) is 7.36. The minimum atomic E-state index is -0.274. The Hall–Kier alpha value is -3.11. The summed E-state index contributed by atoms with van der Waals surface area (Å²) in [5.41, 5.74) is 7.32. The molecule has 4 aromatic rings. The van der Waals surface area contributed by atoms with Crippen molar-refractivity contribution in [3.63, 3.8) is 0 Å². The maximum Gasteiger partial charge on any atom is 0.341 e. The zero-order chi connectivity index (χ0) is 21.1. The Morgan fingerprint density at radius 3 is 2.17 bits per heavy atom. The van der Waals surface area contributed by atoms with Crippen LogP contribution in [0.5, 0.6) is 0 Å². The molecule has 0 amide bonds. The van der Waals surface area contributed by atoms with Crippen LogP contribution in [0.4, 0.5) is 0 Å². The fraction of sp³-hybridized carbons (Fsp3) is 0.192. The fourth-order valence-corrected chi connectivity index (χ4v) is 4.94. The Bertz CT molecular complexity index is 1130. The van der Waals surface area contributed by atoms with Crippen molar-refractivity contribution in [2.45, 2.75) is 27.2 Å². The average molecular weight is 416 g/mol. The Balaban J connectivity index is 1.73. The zero-order valence-corrected chi connectivity index (χ0v) is 18.3. The lowest BCUT2D eigenvalue weighted by atomic mass is 9.99. The van der Waals surface area contributed by atoms with Crippen LogP contribution in [0.1, 0.15) is 39.8 Å². The number of aromatic nitrogens is 1. The predicted octanol–water partition coefficient (Wildman–Crippen LogP) is 6.59. The quantitative estimate of drug-likeness (QED) is 0.333. The van der Waals surface area contributed by atoms with E-state index < -0.39 is 0 Å². The summed E-state index contributed by atoms with van der Waals surface area (Å²) in [5, 5.41) is 2.98. The van der Waals surface area contributed by atoms with Gasteiger partial charge in [0.25, 0.3) is 0 Å². The van der Waals surface area contributed by atoms with E-state index in [4.69, 9.17) is 4.74 Å². The van der Waals surface area contributed by atoms with Crippen molar-refractivity contribution in [2.24, 2.45) is 0 Å². The summed E-state index contributed by atoms with van der Waals surface area (Å²) in [6.07, 6.45) is 0.891. The molecule has 4 rings (SSSR count). The van der Waals surface area contributed by atoms with E-state index in [0.29, 0.717) is 12.2 Å². The van der Waals surface area contributed by atoms with Crippen LogP contribution in [0, 0.1) is 13.8 Å². The Labute approximate surface area is 181 Å². The molecule has 4 heteroatoms. The van der Waals surface area contributed by atoms with Crippen LogP contribution in [-0.2, 0) is 11.2 Å². The molecular weight excluding hydrogens is 390 g/mol. The van der Waals surface area contributed by atoms with Crippen molar-refractivity contribution in [3.8, 4) is 16.1 Å². The molecule has 0 unspecified atom stereocenters. The summed E-state index contributed by atoms with van der Waals surface area (Å²) in [6.45, 7) is 6.31. The van der Waals surface area contributed by atoms with E-state index in [9.17, 15) is 4.79 Å². The SMILES string of the molecule is CCOC(=O)c1c(-c2ccc(Cc3ccccc3)cc2)csc1-n1c(C)ccc1C. The average Bonchev–Trinajstić information content (AvgIpc) is 3.32. The van der Waals surface area contributed by atoms with Crippen LogP contribution in [0.25, 0.3) is 16.1 Å². The van der Waals surface area contributed by atoms with Gasteiger partial charge in [0.05, 0.1) is 6.61 Å². The third kappa shape index (κ3) is 3.96. The minimum Gasteiger partial charge on any atom is -0.462 e. The van der Waals surface area contributed by atoms with Gasteiger partial charge in [-0.2, -0.15) is 0 Å². The normalized spacial score (nSPS) is 10.9. The summed E-state index contributed by atoms with van der Waals surface area (Å²) in [5.74, 6) is -0.274. The number of hydrogen-bond acceptors (Lipinski definition) is 3. The van der Waals surface area contributed by atoms with Crippen molar-refractivity contribution in [2.75, 3.05) is 6.61 Å². The van der Waals surface area contributed by atoms with Gasteiger partial charge in [-0.15, -0.1) is 11.3 Å². The number of ether oxygens (including phenoxy) is 1. The van der Waals surface area contributed by atoms with Gasteiger partial charge < -0.3 is 9.30 Å². The van der Waals surface area contributed by atoms with Gasteiger partial charge in [0.15, 0.2) is 0 Å². The standard InChI is InChI=1S/C26H25NO2S/c1-4-29-26(28)24-23(17-30-25(24)27-18(2)10-11-19(27)3)22-14-12-21(13-15-22)16-20-8-6-5-7-9-20/h5-15,17H,4,16H2,1-3H3. The minimum absolute atomic E-state index is 0.274. The molecule has 30 heavy (non-hydrogen) atoms. The lowest BCUT2D eigenvalue weighted by molar-refractivity contribution is 0.0528. The van der Waals surface area contributed by atoms with Crippen molar-refractivity contribution >= 4 is 17.3 Å². The van der Waals surface area contributed by atoms with Gasteiger partial charge in [-0.1, -0.05) is 54.6 Å². The highest BCUT2D eigenvalue weighted by molar-refractivity contribution is 7.13. The molecule has 0 aliphatic rings. The molecular formula is C26H25NO2S. The van der Waals surface area contributed by atoms with Gasteiger partial charge >= 0.3 is 5.97 Å². The Morgan fingerprint density at radius 1 is 0.900 bits per heavy atom. The first kappa shape index (κ1) is 20.2. The Morgan fingerprint density at radius 2 is 1.53 bits per heavy atom. The van der Waals surface area contributed by atoms with Crippen LogP contribution in [0.3, 0.4) is 0 Å². The van der Waals surface area contributed by atoms with Gasteiger partial charge in [-0.3, -0.25) is 0 Å². The smallest absolute Gasteiger partial charge is 0.341 e. The molecule has 0 bridgehead atoms. The molecule has 0 N–H and O–H groups in total. The summed E-state index contributed by atoms with van der Waals surface area (Å²) >= 11 is 1.58. The molecule has 2 heterocycles. The highest BCUT2D eigenvalue weighted by atomic mass is 32.1. The highest BCUT2D eigenvalue weighted by Crippen LogP contribution is 2.36. The number of nitrogens with zero attached hydrogens (tertiary/aromatic N) is 1. The van der Waals surface area contributed by atoms with E-state index in [2.05, 4.69) is 84.5 Å². The number of esters is 1. The summed E-state index contributed by atoms with van der Waals surface area (Å²) < 4.78 is 7.55. The van der Waals surface area contributed by atoms with Crippen LogP contribution < -0.4 is 0 Å². The summed E-state index contributed by atoms with van der Waals surface area (Å²) in [4.78, 5) is 12.9. The number of carbonyl (C=O) groups excluding carboxylic acids is 1. The third-order valence-corrected chi connectivity index (χ3v) is 6.20. The van der Waals surface area contributed by atoms with E-state index in [1.807, 2.05) is 13.0 Å². The summed E-state index contributed by atoms with van der Waals surface area (Å²) in [7, 11) is 0.